The van der Waals surface area contributed by atoms with E-state index in [0.29, 0.717) is 10.8 Å². The van der Waals surface area contributed by atoms with Crippen LogP contribution in [0.2, 0.25) is 5.02 Å². The fourth-order valence-electron chi connectivity index (χ4n) is 2.10. The van der Waals surface area contributed by atoms with Crippen LogP contribution in [-0.4, -0.2) is 33.4 Å². The fourth-order valence-corrected chi connectivity index (χ4v) is 2.33. The van der Waals surface area contributed by atoms with Gasteiger partial charge in [-0.1, -0.05) is 11.6 Å². The normalized spacial score (nSPS) is 19.5. The molecule has 17 heavy (non-hydrogen) atoms. The van der Waals surface area contributed by atoms with Crippen LogP contribution in [0.3, 0.4) is 0 Å². The van der Waals surface area contributed by atoms with Crippen molar-refractivity contribution < 1.29 is 9.47 Å². The van der Waals surface area contributed by atoms with E-state index >= 15 is 0 Å². The zero-order valence-electron chi connectivity index (χ0n) is 10.1. The van der Waals surface area contributed by atoms with E-state index in [1.54, 1.807) is 14.2 Å². The Labute approximate surface area is 106 Å². The molecule has 0 bridgehead atoms. The van der Waals surface area contributed by atoms with Crippen molar-refractivity contribution in [1.29, 1.82) is 0 Å². The zero-order chi connectivity index (χ0) is 12.4. The Hall–Kier alpha value is -1.13. The number of benzene rings is 1. The fraction of sp³-hybridized carbons (Fsp3) is 0.500. The van der Waals surface area contributed by atoms with Gasteiger partial charge in [0.2, 0.25) is 0 Å². The summed E-state index contributed by atoms with van der Waals surface area (Å²) in [5.74, 6) is 1.39. The number of nitrogens with two attached hydrogens (primary N) is 1. The van der Waals surface area contributed by atoms with Gasteiger partial charge in [0.1, 0.15) is 11.5 Å². The lowest BCUT2D eigenvalue weighted by Gasteiger charge is -2.22. The van der Waals surface area contributed by atoms with Gasteiger partial charge >= 0.3 is 0 Å². The first-order valence-electron chi connectivity index (χ1n) is 5.57. The Morgan fingerprint density at radius 2 is 2.00 bits per heavy atom. The average Bonchev–Trinajstić information content (AvgIpc) is 2.75. The van der Waals surface area contributed by atoms with Gasteiger partial charge in [-0.25, -0.2) is 0 Å². The molecule has 1 atom stereocenters. The van der Waals surface area contributed by atoms with Gasteiger partial charge in [-0.15, -0.1) is 0 Å². The molecule has 1 aromatic rings. The summed E-state index contributed by atoms with van der Waals surface area (Å²) in [5.41, 5.74) is 6.89. The Bertz CT molecular complexity index is 412. The second-order valence-corrected chi connectivity index (χ2v) is 4.56. The first-order valence-corrected chi connectivity index (χ1v) is 5.95. The summed E-state index contributed by atoms with van der Waals surface area (Å²) >= 11 is 6.13. The summed E-state index contributed by atoms with van der Waals surface area (Å²) in [6.07, 6.45) is 0.993. The van der Waals surface area contributed by atoms with Crippen molar-refractivity contribution in [3.8, 4) is 11.5 Å². The molecule has 2 N–H and O–H groups in total. The summed E-state index contributed by atoms with van der Waals surface area (Å²) in [5, 5.41) is 0.587. The lowest BCUT2D eigenvalue weighted by Crippen LogP contribution is -2.26. The number of methoxy groups -OCH3 is 2. The van der Waals surface area contributed by atoms with Crippen molar-refractivity contribution in [2.45, 2.75) is 12.5 Å². The molecule has 1 fully saturated rings. The molecule has 1 aliphatic rings. The molecule has 2 rings (SSSR count). The predicted octanol–water partition coefficient (Wildman–Crippen LogP) is 1.89. The molecule has 1 saturated heterocycles. The smallest absolute Gasteiger partial charge is 0.145 e. The minimum absolute atomic E-state index is 0.223. The number of hydrogen-bond donors (Lipinski definition) is 1. The van der Waals surface area contributed by atoms with Gasteiger partial charge < -0.3 is 20.1 Å². The van der Waals surface area contributed by atoms with Gasteiger partial charge in [0.15, 0.2) is 0 Å². The lowest BCUT2D eigenvalue weighted by atomic mass is 10.2. The second kappa shape index (κ2) is 5.02. The van der Waals surface area contributed by atoms with Crippen LogP contribution in [-0.2, 0) is 0 Å². The van der Waals surface area contributed by atoms with Crippen LogP contribution in [0.4, 0.5) is 5.69 Å². The third kappa shape index (κ3) is 2.42. The molecular formula is C12H17ClN2O2. The maximum atomic E-state index is 6.13. The minimum Gasteiger partial charge on any atom is -0.495 e. The highest BCUT2D eigenvalue weighted by atomic mass is 35.5. The van der Waals surface area contributed by atoms with Crippen LogP contribution in [0.25, 0.3) is 0 Å². The van der Waals surface area contributed by atoms with Gasteiger partial charge in [-0.05, 0) is 12.5 Å². The van der Waals surface area contributed by atoms with E-state index in [1.165, 1.54) is 0 Å². The summed E-state index contributed by atoms with van der Waals surface area (Å²) in [6.45, 7) is 1.76. The Kier molecular flexibility index (Phi) is 3.64. The minimum atomic E-state index is 0.223. The average molecular weight is 257 g/mol. The molecule has 0 amide bonds. The number of ether oxygens (including phenoxy) is 2. The molecule has 4 nitrogen and oxygen atoms in total. The second-order valence-electron chi connectivity index (χ2n) is 4.15. The third-order valence-corrected chi connectivity index (χ3v) is 3.31. The quantitative estimate of drug-likeness (QED) is 0.897. The summed E-state index contributed by atoms with van der Waals surface area (Å²) in [4.78, 5) is 2.19. The van der Waals surface area contributed by atoms with E-state index in [1.807, 2.05) is 12.1 Å². The molecule has 0 radical (unpaired) electrons. The molecule has 1 aromatic carbocycles. The summed E-state index contributed by atoms with van der Waals surface area (Å²) in [6, 6.07) is 3.90. The van der Waals surface area contributed by atoms with Crippen LogP contribution in [0, 0.1) is 0 Å². The van der Waals surface area contributed by atoms with Crippen molar-refractivity contribution in [3.63, 3.8) is 0 Å². The van der Waals surface area contributed by atoms with Crippen molar-refractivity contribution >= 4 is 17.3 Å². The third-order valence-electron chi connectivity index (χ3n) is 3.02. The van der Waals surface area contributed by atoms with Gasteiger partial charge in [0.25, 0.3) is 0 Å². The molecule has 0 aromatic heterocycles. The standard InChI is InChI=1S/C12H17ClN2O2/c1-16-11-6-12(17-2)10(5-9(11)13)15-4-3-8(14)7-15/h5-6,8H,3-4,7,14H2,1-2H3. The molecule has 0 saturated carbocycles. The molecule has 1 unspecified atom stereocenters. The number of hydrogen-bond acceptors (Lipinski definition) is 4. The van der Waals surface area contributed by atoms with Crippen molar-refractivity contribution in [2.75, 3.05) is 32.2 Å². The number of halogens is 1. The first-order chi connectivity index (χ1) is 8.15. The van der Waals surface area contributed by atoms with Crippen LogP contribution >= 0.6 is 11.6 Å². The maximum absolute atomic E-state index is 6.13. The van der Waals surface area contributed by atoms with E-state index < -0.39 is 0 Å². The number of nitrogens with zero attached hydrogens (tertiary/aromatic N) is 1. The van der Waals surface area contributed by atoms with E-state index in [2.05, 4.69) is 4.90 Å². The van der Waals surface area contributed by atoms with E-state index in [4.69, 9.17) is 26.8 Å². The zero-order valence-corrected chi connectivity index (χ0v) is 10.8. The molecule has 94 valence electrons. The van der Waals surface area contributed by atoms with Gasteiger partial charge in [0.05, 0.1) is 24.9 Å². The Balaban J connectivity index is 2.35. The van der Waals surface area contributed by atoms with E-state index in [9.17, 15) is 0 Å². The van der Waals surface area contributed by atoms with Gasteiger partial charge in [-0.3, -0.25) is 0 Å². The molecule has 0 aliphatic carbocycles. The first kappa shape index (κ1) is 12.3. The predicted molar refractivity (Wildman–Crippen MR) is 69.4 cm³/mol. The van der Waals surface area contributed by atoms with Crippen molar-refractivity contribution in [3.05, 3.63) is 17.2 Å². The largest absolute Gasteiger partial charge is 0.495 e. The van der Waals surface area contributed by atoms with Crippen LogP contribution in [0.15, 0.2) is 12.1 Å². The monoisotopic (exact) mass is 256 g/mol. The summed E-state index contributed by atoms with van der Waals surface area (Å²) in [7, 11) is 3.23. The SMILES string of the molecule is COc1cc(OC)c(N2CCC(N)C2)cc1Cl. The Morgan fingerprint density at radius 1 is 1.29 bits per heavy atom. The molecule has 0 spiro atoms. The van der Waals surface area contributed by atoms with E-state index in [0.717, 1.165) is 30.9 Å². The molecule has 1 aliphatic heterocycles. The van der Waals surface area contributed by atoms with Crippen molar-refractivity contribution in [2.24, 2.45) is 5.73 Å². The van der Waals surface area contributed by atoms with Crippen LogP contribution < -0.4 is 20.1 Å². The van der Waals surface area contributed by atoms with E-state index in [-0.39, 0.29) is 6.04 Å². The van der Waals surface area contributed by atoms with Gasteiger partial charge in [-0.2, -0.15) is 0 Å². The molecule has 5 heteroatoms. The highest BCUT2D eigenvalue weighted by molar-refractivity contribution is 6.32. The lowest BCUT2D eigenvalue weighted by molar-refractivity contribution is 0.394. The Morgan fingerprint density at radius 3 is 2.53 bits per heavy atom. The molecular weight excluding hydrogens is 240 g/mol. The number of anilines is 1. The number of rotatable bonds is 3. The molecule has 1 heterocycles. The van der Waals surface area contributed by atoms with Crippen molar-refractivity contribution in [1.82, 2.24) is 0 Å². The summed E-state index contributed by atoms with van der Waals surface area (Å²) < 4.78 is 10.5. The van der Waals surface area contributed by atoms with Crippen LogP contribution in [0.1, 0.15) is 6.42 Å². The maximum Gasteiger partial charge on any atom is 0.145 e. The topological polar surface area (TPSA) is 47.7 Å². The van der Waals surface area contributed by atoms with Gasteiger partial charge in [0, 0.05) is 25.2 Å². The highest BCUT2D eigenvalue weighted by Gasteiger charge is 2.23. The highest BCUT2D eigenvalue weighted by Crippen LogP contribution is 2.38. The van der Waals surface area contributed by atoms with Crippen LogP contribution in [0.5, 0.6) is 11.5 Å².